The smallest absolute Gasteiger partial charge is 0.394 e. The number of halogens is 1. The van der Waals surface area contributed by atoms with Crippen LogP contribution in [0.1, 0.15) is 18.6 Å². The number of fused-ring (bicyclic) bond motifs is 1. The standard InChI is InChI=1S/C24H20FN3O4/c1-15(27-23(29)24(30)31)22(16-5-3-2-4-6-16)32-20-11-12-21-17(13-20)14-26-28(21)19-9-7-18(25)8-10-19/h2-15,22H,1H3,(H,27,29)(H,30,31)/t15-,22-/m0/s1. The van der Waals surface area contributed by atoms with Gasteiger partial charge in [-0.05, 0) is 55.0 Å². The minimum Gasteiger partial charge on any atom is -0.484 e. The molecule has 0 aliphatic rings. The lowest BCUT2D eigenvalue weighted by Crippen LogP contribution is -2.42. The first-order chi connectivity index (χ1) is 15.4. The van der Waals surface area contributed by atoms with E-state index in [1.807, 2.05) is 42.5 Å². The van der Waals surface area contributed by atoms with Crippen molar-refractivity contribution in [2.75, 3.05) is 0 Å². The van der Waals surface area contributed by atoms with Gasteiger partial charge in [0.25, 0.3) is 0 Å². The van der Waals surface area contributed by atoms with Gasteiger partial charge in [0, 0.05) is 5.39 Å². The van der Waals surface area contributed by atoms with Crippen LogP contribution >= 0.6 is 0 Å². The minimum atomic E-state index is -1.56. The second-order valence-corrected chi connectivity index (χ2v) is 7.27. The molecule has 1 amide bonds. The van der Waals surface area contributed by atoms with Crippen LogP contribution in [0, 0.1) is 5.82 Å². The zero-order valence-corrected chi connectivity index (χ0v) is 17.1. The number of aromatic nitrogens is 2. The number of carboxylic acids is 1. The van der Waals surface area contributed by atoms with E-state index in [9.17, 15) is 14.0 Å². The largest absolute Gasteiger partial charge is 0.484 e. The molecule has 0 spiro atoms. The maximum Gasteiger partial charge on any atom is 0.394 e. The fourth-order valence-electron chi connectivity index (χ4n) is 3.46. The first-order valence-corrected chi connectivity index (χ1v) is 9.91. The highest BCUT2D eigenvalue weighted by Crippen LogP contribution is 2.29. The molecule has 162 valence electrons. The summed E-state index contributed by atoms with van der Waals surface area (Å²) < 4.78 is 21.1. The van der Waals surface area contributed by atoms with E-state index in [4.69, 9.17) is 9.84 Å². The predicted octanol–water partition coefficient (Wildman–Crippen LogP) is 3.87. The molecule has 0 aliphatic heterocycles. The van der Waals surface area contributed by atoms with Crippen LogP contribution in [0.15, 0.2) is 79.0 Å². The summed E-state index contributed by atoms with van der Waals surface area (Å²) in [6.45, 7) is 1.68. The Labute approximate surface area is 183 Å². The van der Waals surface area contributed by atoms with Crippen molar-refractivity contribution in [2.45, 2.75) is 19.1 Å². The van der Waals surface area contributed by atoms with Gasteiger partial charge in [-0.25, -0.2) is 13.9 Å². The van der Waals surface area contributed by atoms with Gasteiger partial charge in [0.15, 0.2) is 0 Å². The number of hydrogen-bond acceptors (Lipinski definition) is 4. The number of rotatable bonds is 6. The molecule has 4 aromatic rings. The highest BCUT2D eigenvalue weighted by molar-refractivity contribution is 6.31. The lowest BCUT2D eigenvalue weighted by atomic mass is 10.0. The molecule has 1 aromatic heterocycles. The van der Waals surface area contributed by atoms with Gasteiger partial charge in [-0.1, -0.05) is 30.3 Å². The first kappa shape index (κ1) is 21.0. The number of nitrogens with zero attached hydrogens (tertiary/aromatic N) is 2. The Hall–Kier alpha value is -4.20. The summed E-state index contributed by atoms with van der Waals surface area (Å²) in [5.74, 6) is -2.45. The number of amides is 1. The van der Waals surface area contributed by atoms with E-state index in [0.29, 0.717) is 5.75 Å². The molecule has 1 heterocycles. The van der Waals surface area contributed by atoms with E-state index >= 15 is 0 Å². The fraction of sp³-hybridized carbons (Fsp3) is 0.125. The highest BCUT2D eigenvalue weighted by atomic mass is 19.1. The monoisotopic (exact) mass is 433 g/mol. The molecule has 0 radical (unpaired) electrons. The van der Waals surface area contributed by atoms with Crippen molar-refractivity contribution in [2.24, 2.45) is 0 Å². The maximum absolute atomic E-state index is 13.2. The number of ether oxygens (including phenoxy) is 1. The SMILES string of the molecule is C[C@H](NC(=O)C(=O)O)[C@H](Oc1ccc2c(cnn2-c2ccc(F)cc2)c1)c1ccccc1. The van der Waals surface area contributed by atoms with Crippen molar-refractivity contribution in [3.8, 4) is 11.4 Å². The first-order valence-electron chi connectivity index (χ1n) is 9.91. The Kier molecular flexibility index (Phi) is 5.85. The van der Waals surface area contributed by atoms with Crippen molar-refractivity contribution in [3.05, 3.63) is 90.4 Å². The molecule has 0 bridgehead atoms. The van der Waals surface area contributed by atoms with Crippen molar-refractivity contribution in [1.29, 1.82) is 0 Å². The number of carboxylic acid groups (broad SMARTS) is 1. The Morgan fingerprint density at radius 2 is 1.78 bits per heavy atom. The number of hydrogen-bond donors (Lipinski definition) is 2. The third-order valence-corrected chi connectivity index (χ3v) is 5.01. The van der Waals surface area contributed by atoms with Crippen LogP contribution in [-0.2, 0) is 9.59 Å². The second-order valence-electron chi connectivity index (χ2n) is 7.27. The third-order valence-electron chi connectivity index (χ3n) is 5.01. The third kappa shape index (κ3) is 4.44. The lowest BCUT2D eigenvalue weighted by Gasteiger charge is -2.26. The van der Waals surface area contributed by atoms with E-state index < -0.39 is 24.0 Å². The van der Waals surface area contributed by atoms with Crippen LogP contribution in [0.2, 0.25) is 0 Å². The van der Waals surface area contributed by atoms with Crippen LogP contribution in [0.4, 0.5) is 4.39 Å². The summed E-state index contributed by atoms with van der Waals surface area (Å²) in [6, 6.07) is 20.1. The Morgan fingerprint density at radius 3 is 2.47 bits per heavy atom. The number of carbonyl (C=O) groups is 2. The number of aliphatic carboxylic acids is 1. The summed E-state index contributed by atoms with van der Waals surface area (Å²) in [4.78, 5) is 22.6. The van der Waals surface area contributed by atoms with Crippen molar-refractivity contribution >= 4 is 22.8 Å². The Balaban J connectivity index is 1.63. The van der Waals surface area contributed by atoms with Crippen LogP contribution in [0.5, 0.6) is 5.75 Å². The Bertz CT molecular complexity index is 1260. The van der Waals surface area contributed by atoms with Crippen LogP contribution in [-0.4, -0.2) is 32.8 Å². The normalized spacial score (nSPS) is 12.8. The molecule has 4 rings (SSSR count). The minimum absolute atomic E-state index is 0.322. The molecule has 7 nitrogen and oxygen atoms in total. The summed E-state index contributed by atoms with van der Waals surface area (Å²) in [6.07, 6.45) is 1.06. The molecule has 3 aromatic carbocycles. The topological polar surface area (TPSA) is 93.5 Å². The molecule has 0 saturated carbocycles. The molecular weight excluding hydrogens is 413 g/mol. The number of benzene rings is 3. The van der Waals surface area contributed by atoms with Crippen LogP contribution in [0.3, 0.4) is 0 Å². The van der Waals surface area contributed by atoms with E-state index in [2.05, 4.69) is 10.4 Å². The summed E-state index contributed by atoms with van der Waals surface area (Å²) in [5.41, 5.74) is 2.32. The molecule has 32 heavy (non-hydrogen) atoms. The predicted molar refractivity (Wildman–Crippen MR) is 116 cm³/mol. The molecule has 0 unspecified atom stereocenters. The molecule has 2 atom stereocenters. The zero-order chi connectivity index (χ0) is 22.7. The molecule has 0 fully saturated rings. The van der Waals surface area contributed by atoms with Gasteiger partial charge in [-0.2, -0.15) is 5.10 Å². The highest BCUT2D eigenvalue weighted by Gasteiger charge is 2.25. The van der Waals surface area contributed by atoms with Gasteiger partial charge in [-0.3, -0.25) is 4.79 Å². The Morgan fingerprint density at radius 1 is 1.06 bits per heavy atom. The van der Waals surface area contributed by atoms with Gasteiger partial charge in [0.1, 0.15) is 17.7 Å². The average molecular weight is 433 g/mol. The van der Waals surface area contributed by atoms with Gasteiger partial charge >= 0.3 is 11.9 Å². The summed E-state index contributed by atoms with van der Waals surface area (Å²) in [7, 11) is 0. The lowest BCUT2D eigenvalue weighted by molar-refractivity contribution is -0.150. The van der Waals surface area contributed by atoms with E-state index in [1.54, 1.807) is 36.0 Å². The average Bonchev–Trinajstić information content (AvgIpc) is 3.21. The molecule has 0 aliphatic carbocycles. The molecule has 0 saturated heterocycles. The fourth-order valence-corrected chi connectivity index (χ4v) is 3.46. The van der Waals surface area contributed by atoms with Gasteiger partial charge in [0.05, 0.1) is 23.4 Å². The maximum atomic E-state index is 13.2. The number of carbonyl (C=O) groups excluding carboxylic acids is 1. The van der Waals surface area contributed by atoms with E-state index in [0.717, 1.165) is 22.2 Å². The molecule has 2 N–H and O–H groups in total. The van der Waals surface area contributed by atoms with Gasteiger partial charge < -0.3 is 15.2 Å². The molecule has 8 heteroatoms. The quantitative estimate of drug-likeness (QED) is 0.450. The molecular formula is C24H20FN3O4. The zero-order valence-electron chi connectivity index (χ0n) is 17.1. The van der Waals surface area contributed by atoms with Crippen molar-refractivity contribution in [1.82, 2.24) is 15.1 Å². The van der Waals surface area contributed by atoms with Crippen molar-refractivity contribution < 1.29 is 23.8 Å². The second kappa shape index (κ2) is 8.89. The van der Waals surface area contributed by atoms with Gasteiger partial charge in [0.2, 0.25) is 0 Å². The van der Waals surface area contributed by atoms with Crippen LogP contribution < -0.4 is 10.1 Å². The van der Waals surface area contributed by atoms with E-state index in [1.165, 1.54) is 12.1 Å². The summed E-state index contributed by atoms with van der Waals surface area (Å²) in [5, 5.41) is 16.6. The number of nitrogens with one attached hydrogen (secondary N) is 1. The van der Waals surface area contributed by atoms with Crippen LogP contribution in [0.25, 0.3) is 16.6 Å². The van der Waals surface area contributed by atoms with E-state index in [-0.39, 0.29) is 5.82 Å². The van der Waals surface area contributed by atoms with Gasteiger partial charge in [-0.15, -0.1) is 0 Å². The summed E-state index contributed by atoms with van der Waals surface area (Å²) >= 11 is 0. The van der Waals surface area contributed by atoms with Crippen molar-refractivity contribution in [3.63, 3.8) is 0 Å².